The highest BCUT2D eigenvalue weighted by atomic mass is 16.4. The molecular formula is C36H64N10O15. The summed E-state index contributed by atoms with van der Waals surface area (Å²) < 4.78 is 0. The molecule has 0 bridgehead atoms. The highest BCUT2D eigenvalue weighted by molar-refractivity contribution is 5.96. The molecule has 0 aliphatic heterocycles. The largest absolute Gasteiger partial charge is 0.480 e. The number of likely N-dealkylation sites (N-methyl/N-ethyl adjacent to an activating group) is 9. The van der Waals surface area contributed by atoms with E-state index in [9.17, 15) is 68.4 Å². The topological polar surface area (TPSA) is 313 Å². The van der Waals surface area contributed by atoms with E-state index in [4.69, 9.17) is 5.11 Å². The molecule has 25 heteroatoms. The van der Waals surface area contributed by atoms with Gasteiger partial charge < -0.3 is 74.9 Å². The lowest BCUT2D eigenvalue weighted by atomic mass is 10.1. The lowest BCUT2D eigenvalue weighted by Crippen LogP contribution is -2.59. The van der Waals surface area contributed by atoms with Gasteiger partial charge in [-0.3, -0.25) is 47.9 Å². The fraction of sp³-hybridized carbons (Fsp3) is 0.722. The lowest BCUT2D eigenvalue weighted by Gasteiger charge is -2.35. The first-order valence-electron chi connectivity index (χ1n) is 18.9. The van der Waals surface area contributed by atoms with Crippen LogP contribution in [0.25, 0.3) is 0 Å². The van der Waals surface area contributed by atoms with Crippen LogP contribution in [0.2, 0.25) is 0 Å². The zero-order chi connectivity index (χ0) is 47.6. The lowest BCUT2D eigenvalue weighted by molar-refractivity contribution is -0.154. The van der Waals surface area contributed by atoms with Crippen molar-refractivity contribution in [1.29, 1.82) is 0 Å². The van der Waals surface area contributed by atoms with E-state index in [0.29, 0.717) is 0 Å². The molecule has 0 saturated heterocycles. The number of rotatable bonds is 25. The van der Waals surface area contributed by atoms with Crippen LogP contribution >= 0.6 is 0 Å². The third-order valence-electron chi connectivity index (χ3n) is 9.74. The van der Waals surface area contributed by atoms with Gasteiger partial charge in [0.2, 0.25) is 53.2 Å². The molecule has 0 aliphatic rings. The normalized spacial score (nSPS) is 12.9. The minimum absolute atomic E-state index is 0.0106. The van der Waals surface area contributed by atoms with Crippen molar-refractivity contribution in [2.45, 2.75) is 44.1 Å². The van der Waals surface area contributed by atoms with Gasteiger partial charge >= 0.3 is 5.97 Å². The molecule has 0 rings (SSSR count). The standard InChI is InChI=1S/C36H64N10O15/c1-22(2)37-12-27(51)38(3)15-30(54)43(8)25(20-49)35(60)45(10)23(18-47)33(58)41(6)13-28(52)39(4)16-31(55)44(9)26(21-50)36(61)46(11)24(19-48)34(59)42(7)14-29(53)40(5)17-32(56)57/h22-26,37,47-50H,12-21H2,1-11H3,(H,56,57)/t23-,24-,25-,26-/m0/s1. The van der Waals surface area contributed by atoms with Gasteiger partial charge in [-0.05, 0) is 0 Å². The molecule has 61 heavy (non-hydrogen) atoms. The van der Waals surface area contributed by atoms with Gasteiger partial charge in [-0.25, -0.2) is 0 Å². The van der Waals surface area contributed by atoms with Crippen molar-refractivity contribution in [1.82, 2.24) is 49.4 Å². The van der Waals surface area contributed by atoms with E-state index in [1.165, 1.54) is 42.3 Å². The molecule has 9 amide bonds. The van der Waals surface area contributed by atoms with Crippen molar-refractivity contribution in [3.8, 4) is 0 Å². The van der Waals surface area contributed by atoms with Crippen molar-refractivity contribution >= 4 is 59.1 Å². The van der Waals surface area contributed by atoms with E-state index in [1.54, 1.807) is 0 Å². The molecule has 0 aromatic carbocycles. The van der Waals surface area contributed by atoms with E-state index in [1.807, 2.05) is 13.8 Å². The second-order valence-electron chi connectivity index (χ2n) is 14.8. The summed E-state index contributed by atoms with van der Waals surface area (Å²) in [5.41, 5.74) is 0. The number of aliphatic hydroxyl groups is 4. The Labute approximate surface area is 354 Å². The maximum atomic E-state index is 13.4. The number of carboxylic acids is 1. The van der Waals surface area contributed by atoms with E-state index in [-0.39, 0.29) is 12.6 Å². The van der Waals surface area contributed by atoms with Gasteiger partial charge in [-0.15, -0.1) is 0 Å². The number of nitrogens with zero attached hydrogens (tertiary/aromatic N) is 9. The minimum atomic E-state index is -1.62. The summed E-state index contributed by atoms with van der Waals surface area (Å²) in [6, 6.07) is -6.30. The third kappa shape index (κ3) is 16.5. The Morgan fingerprint density at radius 2 is 0.672 bits per heavy atom. The number of aliphatic carboxylic acids is 1. The minimum Gasteiger partial charge on any atom is -0.480 e. The molecule has 25 nitrogen and oxygen atoms in total. The molecular weight excluding hydrogens is 812 g/mol. The second-order valence-corrected chi connectivity index (χ2v) is 14.8. The molecule has 0 fully saturated rings. The first kappa shape index (κ1) is 55.5. The fourth-order valence-corrected chi connectivity index (χ4v) is 5.42. The molecule has 0 heterocycles. The molecule has 348 valence electrons. The smallest absolute Gasteiger partial charge is 0.323 e. The number of amides is 9. The van der Waals surface area contributed by atoms with Crippen LogP contribution in [0.1, 0.15) is 13.8 Å². The van der Waals surface area contributed by atoms with Crippen LogP contribution in [-0.4, -0.2) is 288 Å². The molecule has 4 atom stereocenters. The summed E-state index contributed by atoms with van der Waals surface area (Å²) in [5, 5.41) is 52.0. The summed E-state index contributed by atoms with van der Waals surface area (Å²) in [6.45, 7) is -3.08. The maximum Gasteiger partial charge on any atom is 0.323 e. The van der Waals surface area contributed by atoms with Crippen LogP contribution < -0.4 is 5.32 Å². The van der Waals surface area contributed by atoms with Crippen molar-refractivity contribution in [2.75, 3.05) is 129 Å². The van der Waals surface area contributed by atoms with Crippen molar-refractivity contribution in [3.63, 3.8) is 0 Å². The Kier molecular flexibility index (Phi) is 23.6. The van der Waals surface area contributed by atoms with Gasteiger partial charge in [0.1, 0.15) is 30.7 Å². The van der Waals surface area contributed by atoms with Crippen molar-refractivity contribution in [3.05, 3.63) is 0 Å². The molecule has 0 radical (unpaired) electrons. The van der Waals surface area contributed by atoms with E-state index in [2.05, 4.69) is 5.32 Å². The van der Waals surface area contributed by atoms with E-state index >= 15 is 0 Å². The van der Waals surface area contributed by atoms with Crippen LogP contribution in [0, 0.1) is 0 Å². The van der Waals surface area contributed by atoms with Gasteiger partial charge in [-0.1, -0.05) is 13.8 Å². The van der Waals surface area contributed by atoms with Crippen molar-refractivity contribution < 1.29 is 73.5 Å². The zero-order valence-corrected chi connectivity index (χ0v) is 36.8. The molecule has 0 saturated carbocycles. The first-order chi connectivity index (χ1) is 28.2. The molecule has 6 N–H and O–H groups in total. The van der Waals surface area contributed by atoms with Gasteiger partial charge in [0.05, 0.1) is 59.2 Å². The van der Waals surface area contributed by atoms with Gasteiger partial charge in [-0.2, -0.15) is 0 Å². The Balaban J connectivity index is 5.66. The molecule has 0 unspecified atom stereocenters. The summed E-state index contributed by atoms with van der Waals surface area (Å²) in [4.78, 5) is 136. The molecule has 0 aromatic heterocycles. The number of hydrogen-bond donors (Lipinski definition) is 6. The molecule has 0 aromatic rings. The van der Waals surface area contributed by atoms with Crippen LogP contribution in [0.4, 0.5) is 0 Å². The SMILES string of the molecule is CC(C)NCC(=O)N(C)CC(=O)N(C)[C@@H](CO)C(=O)N(C)[C@@H](CO)C(=O)N(C)CC(=O)N(C)CC(=O)N(C)[C@@H](CO)C(=O)N(C)[C@@H](CO)C(=O)N(C)CC(=O)N(C)CC(=O)O. The predicted molar refractivity (Wildman–Crippen MR) is 214 cm³/mol. The maximum absolute atomic E-state index is 13.4. The van der Waals surface area contributed by atoms with E-state index in [0.717, 1.165) is 65.2 Å². The number of carbonyl (C=O) groups excluding carboxylic acids is 9. The Morgan fingerprint density at radius 1 is 0.393 bits per heavy atom. The molecule has 0 spiro atoms. The summed E-state index contributed by atoms with van der Waals surface area (Å²) in [6.07, 6.45) is 0. The van der Waals surface area contributed by atoms with Crippen LogP contribution in [0.3, 0.4) is 0 Å². The van der Waals surface area contributed by atoms with Crippen molar-refractivity contribution in [2.24, 2.45) is 0 Å². The summed E-state index contributed by atoms with van der Waals surface area (Å²) in [7, 11) is 10.8. The van der Waals surface area contributed by atoms with Crippen LogP contribution in [0.5, 0.6) is 0 Å². The fourth-order valence-electron chi connectivity index (χ4n) is 5.42. The quantitative estimate of drug-likeness (QED) is 0.0496. The monoisotopic (exact) mass is 876 g/mol. The van der Waals surface area contributed by atoms with Gasteiger partial charge in [0, 0.05) is 69.5 Å². The Bertz CT molecular complexity index is 1580. The van der Waals surface area contributed by atoms with Crippen LogP contribution in [0.15, 0.2) is 0 Å². The average Bonchev–Trinajstić information content (AvgIpc) is 3.19. The Hall–Kier alpha value is -5.50. The summed E-state index contributed by atoms with van der Waals surface area (Å²) in [5.74, 6) is -8.62. The van der Waals surface area contributed by atoms with Crippen LogP contribution in [-0.2, 0) is 47.9 Å². The number of carbonyl (C=O) groups is 10. The second kappa shape index (κ2) is 26.0. The number of carboxylic acid groups (broad SMARTS) is 1. The predicted octanol–water partition coefficient (Wildman–Crippen LogP) is -7.36. The molecule has 0 aliphatic carbocycles. The van der Waals surface area contributed by atoms with Gasteiger partial charge in [0.15, 0.2) is 0 Å². The van der Waals surface area contributed by atoms with E-state index < -0.39 is 142 Å². The highest BCUT2D eigenvalue weighted by Crippen LogP contribution is 2.11. The number of aliphatic hydroxyl groups excluding tert-OH is 4. The number of nitrogens with one attached hydrogen (secondary N) is 1. The highest BCUT2D eigenvalue weighted by Gasteiger charge is 2.38. The first-order valence-corrected chi connectivity index (χ1v) is 18.9. The summed E-state index contributed by atoms with van der Waals surface area (Å²) >= 11 is 0. The number of hydrogen-bond acceptors (Lipinski definition) is 15. The zero-order valence-electron chi connectivity index (χ0n) is 36.8. The van der Waals surface area contributed by atoms with Gasteiger partial charge in [0.25, 0.3) is 0 Å². The Morgan fingerprint density at radius 3 is 0.967 bits per heavy atom. The average molecular weight is 877 g/mol. The third-order valence-corrected chi connectivity index (χ3v) is 9.74.